The van der Waals surface area contributed by atoms with Crippen molar-refractivity contribution in [2.24, 2.45) is 0 Å². The molecular weight excluding hydrogens is 528 g/mol. The maximum absolute atomic E-state index is 13.1. The third-order valence-corrected chi connectivity index (χ3v) is 7.23. The number of carbonyl (C=O) groups is 2. The number of ether oxygens (including phenoxy) is 3. The van der Waals surface area contributed by atoms with Crippen LogP contribution >= 0.6 is 0 Å². The number of piperidine rings is 1. The Balaban J connectivity index is 1.58. The lowest BCUT2D eigenvalue weighted by atomic mass is 9.95. The molecule has 3 N–H and O–H groups in total. The van der Waals surface area contributed by atoms with Gasteiger partial charge in [-0.3, -0.25) is 4.90 Å². The summed E-state index contributed by atoms with van der Waals surface area (Å²) in [5, 5.41) is 15.4. The van der Waals surface area contributed by atoms with Crippen molar-refractivity contribution >= 4 is 23.4 Å². The molecule has 1 aromatic carbocycles. The largest absolute Gasteiger partial charge is 0.494 e. The lowest BCUT2D eigenvalue weighted by molar-refractivity contribution is -0.208. The van der Waals surface area contributed by atoms with Crippen LogP contribution in [-0.4, -0.2) is 72.0 Å². The number of aliphatic hydroxyl groups excluding tert-OH is 1. The molecule has 3 aliphatic rings. The molecule has 41 heavy (non-hydrogen) atoms. The van der Waals surface area contributed by atoms with E-state index in [-0.39, 0.29) is 25.3 Å². The van der Waals surface area contributed by atoms with Crippen LogP contribution in [0.5, 0.6) is 0 Å². The second kappa shape index (κ2) is 13.5. The zero-order valence-electron chi connectivity index (χ0n) is 24.8. The van der Waals surface area contributed by atoms with Gasteiger partial charge in [0.15, 0.2) is 6.79 Å². The molecule has 1 aliphatic carbocycles. The van der Waals surface area contributed by atoms with Crippen molar-refractivity contribution in [2.75, 3.05) is 32.4 Å². The Hall–Kier alpha value is -3.44. The topological polar surface area (TPSA) is 122 Å². The zero-order valence-corrected chi connectivity index (χ0v) is 24.8. The summed E-state index contributed by atoms with van der Waals surface area (Å²) in [7, 11) is 1.55. The monoisotopic (exact) mass is 572 g/mol. The number of methoxy groups -OCH3 is 1. The quantitative estimate of drug-likeness (QED) is 0.304. The highest BCUT2D eigenvalue weighted by Gasteiger charge is 2.39. The average molecular weight is 573 g/mol. The van der Waals surface area contributed by atoms with E-state index >= 15 is 0 Å². The van der Waals surface area contributed by atoms with Crippen molar-refractivity contribution in [1.82, 2.24) is 15.5 Å². The highest BCUT2D eigenvalue weighted by molar-refractivity contribution is 5.82. The predicted molar refractivity (Wildman–Crippen MR) is 154 cm³/mol. The number of benzene rings is 1. The minimum atomic E-state index is -0.681. The van der Waals surface area contributed by atoms with Crippen LogP contribution in [0.3, 0.4) is 0 Å². The summed E-state index contributed by atoms with van der Waals surface area (Å²) in [4.78, 5) is 33.0. The van der Waals surface area contributed by atoms with Crippen molar-refractivity contribution in [3.8, 4) is 0 Å². The molecule has 2 atom stereocenters. The molecule has 4 rings (SSSR count). The van der Waals surface area contributed by atoms with E-state index < -0.39 is 23.7 Å². The maximum atomic E-state index is 13.1. The van der Waals surface area contributed by atoms with Gasteiger partial charge in [-0.15, -0.1) is 0 Å². The first kappa shape index (κ1) is 30.5. The van der Waals surface area contributed by atoms with Crippen molar-refractivity contribution in [3.63, 3.8) is 0 Å². The molecule has 226 valence electrons. The molecular formula is C30H44N4O7. The van der Waals surface area contributed by atoms with E-state index in [0.29, 0.717) is 19.4 Å². The molecule has 0 unspecified atom stereocenters. The Kier molecular flexibility index (Phi) is 10.0. The predicted octanol–water partition coefficient (Wildman–Crippen LogP) is 5.01. The van der Waals surface area contributed by atoms with Crippen LogP contribution in [0.4, 0.5) is 10.5 Å². The molecule has 1 saturated heterocycles. The molecule has 2 heterocycles. The van der Waals surface area contributed by atoms with Crippen LogP contribution < -0.4 is 10.7 Å². The molecule has 11 nitrogen and oxygen atoms in total. The smallest absolute Gasteiger partial charge is 0.411 e. The van der Waals surface area contributed by atoms with E-state index in [1.54, 1.807) is 20.1 Å². The summed E-state index contributed by atoms with van der Waals surface area (Å²) in [5.74, 6) is -0.383. The number of aliphatic hydroxyl groups is 1. The van der Waals surface area contributed by atoms with Crippen LogP contribution in [0.15, 0.2) is 35.7 Å². The highest BCUT2D eigenvalue weighted by Crippen LogP contribution is 2.36. The standard InChI is InChI=1S/C30H44N4O7/c1-6-39-28(36)25-15-13-23(18-33(25)29(37)41-30(2,3)4)31-22-12-14-24-20(16-22)10-8-7-9-11-21-17-26(35)32-34(27(21)24)40-19-38-5/h12,14,16-17,23,25,31-32,35H,6-11,13,15,18-19H2,1-5H3/t23-,25+/m1/s1. The number of hydrogen-bond acceptors (Lipinski definition) is 10. The van der Waals surface area contributed by atoms with Crippen LogP contribution in [0, 0.1) is 0 Å². The van der Waals surface area contributed by atoms with E-state index in [4.69, 9.17) is 19.0 Å². The third kappa shape index (κ3) is 7.85. The van der Waals surface area contributed by atoms with Gasteiger partial charge in [-0.25, -0.2) is 19.9 Å². The van der Waals surface area contributed by atoms with E-state index in [1.165, 1.54) is 10.1 Å². The lowest BCUT2D eigenvalue weighted by Crippen LogP contribution is -2.55. The lowest BCUT2D eigenvalue weighted by Gasteiger charge is -2.39. The van der Waals surface area contributed by atoms with Gasteiger partial charge in [-0.2, -0.15) is 5.17 Å². The van der Waals surface area contributed by atoms with Crippen LogP contribution in [0.2, 0.25) is 0 Å². The summed E-state index contributed by atoms with van der Waals surface area (Å²) in [5.41, 5.74) is 7.14. The molecule has 1 fully saturated rings. The van der Waals surface area contributed by atoms with E-state index in [2.05, 4.69) is 22.9 Å². The Labute approximate surface area is 242 Å². The third-order valence-electron chi connectivity index (χ3n) is 7.23. The minimum absolute atomic E-state index is 0.0203. The Morgan fingerprint density at radius 1 is 1.15 bits per heavy atom. The van der Waals surface area contributed by atoms with Crippen molar-refractivity contribution in [3.05, 3.63) is 46.9 Å². The number of nitrogens with zero attached hydrogens (tertiary/aromatic N) is 2. The second-order valence-corrected chi connectivity index (χ2v) is 11.6. The number of allylic oxidation sites excluding steroid dienone is 2. The molecule has 1 amide bonds. The van der Waals surface area contributed by atoms with Gasteiger partial charge in [0.25, 0.3) is 0 Å². The number of rotatable bonds is 7. The number of amides is 1. The Bertz CT molecular complexity index is 1160. The number of aryl methyl sites for hydroxylation is 1. The molecule has 0 spiro atoms. The van der Waals surface area contributed by atoms with Gasteiger partial charge in [-0.05, 0) is 89.5 Å². The van der Waals surface area contributed by atoms with Gasteiger partial charge >= 0.3 is 12.1 Å². The fourth-order valence-electron chi connectivity index (χ4n) is 5.49. The first-order chi connectivity index (χ1) is 19.6. The summed E-state index contributed by atoms with van der Waals surface area (Å²) in [6, 6.07) is 5.48. The normalized spacial score (nSPS) is 21.3. The SMILES string of the molecule is CCOC(=O)[C@@H]1CC[C@@H](Nc2ccc3c(c2)CCCCCC2=C3N(OCOC)NC(O)=C2)CN1C(=O)OC(C)(C)C. The van der Waals surface area contributed by atoms with Crippen LogP contribution in [0.25, 0.3) is 5.70 Å². The molecule has 0 radical (unpaired) electrons. The fourth-order valence-corrected chi connectivity index (χ4v) is 5.49. The highest BCUT2D eigenvalue weighted by atomic mass is 16.8. The van der Waals surface area contributed by atoms with Crippen molar-refractivity contribution < 1.29 is 33.7 Å². The number of fused-ring (bicyclic) bond motifs is 2. The number of esters is 1. The number of hydrogen-bond donors (Lipinski definition) is 3. The van der Waals surface area contributed by atoms with Gasteiger partial charge in [-0.1, -0.05) is 12.5 Å². The Morgan fingerprint density at radius 2 is 1.93 bits per heavy atom. The number of anilines is 1. The van der Waals surface area contributed by atoms with Crippen molar-refractivity contribution in [2.45, 2.75) is 90.3 Å². The molecule has 0 aromatic heterocycles. The number of nitrogens with one attached hydrogen (secondary N) is 2. The van der Waals surface area contributed by atoms with Gasteiger partial charge in [0.05, 0.1) is 12.3 Å². The van der Waals surface area contributed by atoms with Gasteiger partial charge < -0.3 is 24.6 Å². The minimum Gasteiger partial charge on any atom is -0.494 e. The Morgan fingerprint density at radius 3 is 2.66 bits per heavy atom. The summed E-state index contributed by atoms with van der Waals surface area (Å²) in [6.07, 6.45) is 7.22. The van der Waals surface area contributed by atoms with Gasteiger partial charge in [0, 0.05) is 37.0 Å². The average Bonchev–Trinajstić information content (AvgIpc) is 2.99. The molecule has 2 aliphatic heterocycles. The van der Waals surface area contributed by atoms with E-state index in [0.717, 1.165) is 60.2 Å². The summed E-state index contributed by atoms with van der Waals surface area (Å²) >= 11 is 0. The van der Waals surface area contributed by atoms with E-state index in [9.17, 15) is 14.7 Å². The summed E-state index contributed by atoms with van der Waals surface area (Å²) < 4.78 is 16.0. The summed E-state index contributed by atoms with van der Waals surface area (Å²) in [6.45, 7) is 7.79. The molecule has 0 bridgehead atoms. The van der Waals surface area contributed by atoms with Crippen LogP contribution in [-0.2, 0) is 30.3 Å². The molecule has 1 aromatic rings. The van der Waals surface area contributed by atoms with Gasteiger partial charge in [0.1, 0.15) is 11.6 Å². The van der Waals surface area contributed by atoms with Crippen molar-refractivity contribution in [1.29, 1.82) is 0 Å². The molecule has 11 heteroatoms. The number of hydroxylamine groups is 1. The van der Waals surface area contributed by atoms with E-state index in [1.807, 2.05) is 26.8 Å². The van der Waals surface area contributed by atoms with Crippen LogP contribution in [0.1, 0.15) is 77.3 Å². The first-order valence-corrected chi connectivity index (χ1v) is 14.5. The fraction of sp³-hybridized carbons (Fsp3) is 0.600. The molecule has 0 saturated carbocycles. The maximum Gasteiger partial charge on any atom is 0.411 e. The second-order valence-electron chi connectivity index (χ2n) is 11.6. The number of carbonyl (C=O) groups excluding carboxylic acids is 2. The number of likely N-dealkylation sites (tertiary alicyclic amines) is 1. The first-order valence-electron chi connectivity index (χ1n) is 14.5. The number of hydrazine groups is 1. The zero-order chi connectivity index (χ0) is 29.6. The van der Waals surface area contributed by atoms with Gasteiger partial charge in [0.2, 0.25) is 5.88 Å².